The summed E-state index contributed by atoms with van der Waals surface area (Å²) >= 11 is 13.2. The van der Waals surface area contributed by atoms with Gasteiger partial charge in [-0.25, -0.2) is 0 Å². The van der Waals surface area contributed by atoms with Gasteiger partial charge in [0.2, 0.25) is 5.91 Å². The maximum atomic E-state index is 12.3. The second-order valence-electron chi connectivity index (χ2n) is 5.97. The van der Waals surface area contributed by atoms with Gasteiger partial charge in [-0.1, -0.05) is 53.2 Å². The molecule has 0 saturated carbocycles. The van der Waals surface area contributed by atoms with Crippen molar-refractivity contribution in [3.8, 4) is 0 Å². The number of amides is 2. The molecule has 2 N–H and O–H groups in total. The topological polar surface area (TPSA) is 88.9 Å². The smallest absolute Gasteiger partial charge is 0.253 e. The fourth-order valence-electron chi connectivity index (χ4n) is 2.40. The highest BCUT2D eigenvalue weighted by atomic mass is 35.5. The molecule has 0 unspecified atom stereocenters. The van der Waals surface area contributed by atoms with Gasteiger partial charge in [0.15, 0.2) is 11.0 Å². The van der Waals surface area contributed by atoms with E-state index in [4.69, 9.17) is 23.2 Å². The molecule has 0 fully saturated rings. The largest absolute Gasteiger partial charge is 0.345 e. The zero-order chi connectivity index (χ0) is 20.8. The lowest BCUT2D eigenvalue weighted by atomic mass is 10.2. The number of para-hydroxylation sites is 1. The fraction of sp³-hybridized carbons (Fsp3) is 0.158. The Morgan fingerprint density at radius 1 is 1.10 bits per heavy atom. The zero-order valence-corrected chi connectivity index (χ0v) is 17.7. The zero-order valence-electron chi connectivity index (χ0n) is 15.4. The number of nitrogens with one attached hydrogen (secondary N) is 2. The summed E-state index contributed by atoms with van der Waals surface area (Å²) < 4.78 is 1.73. The van der Waals surface area contributed by atoms with E-state index < -0.39 is 0 Å². The molecule has 7 nitrogen and oxygen atoms in total. The first kappa shape index (κ1) is 21.2. The summed E-state index contributed by atoms with van der Waals surface area (Å²) in [7, 11) is 1.77. The number of anilines is 1. The minimum atomic E-state index is -0.342. The SMILES string of the molecule is Cn1c(CNC(=O)c2ccc(Cl)cc2Cl)nnc1SCC(=O)Nc1ccccc1. The number of hydrogen-bond acceptors (Lipinski definition) is 5. The molecule has 3 aromatic rings. The van der Waals surface area contributed by atoms with E-state index in [1.807, 2.05) is 30.3 Å². The number of benzene rings is 2. The lowest BCUT2D eigenvalue weighted by Gasteiger charge is -2.08. The van der Waals surface area contributed by atoms with Crippen molar-refractivity contribution >= 4 is 52.5 Å². The molecule has 3 rings (SSSR count). The third-order valence-corrected chi connectivity index (χ3v) is 5.47. The molecule has 10 heteroatoms. The van der Waals surface area contributed by atoms with Crippen molar-refractivity contribution in [2.75, 3.05) is 11.1 Å². The van der Waals surface area contributed by atoms with E-state index in [1.165, 1.54) is 17.8 Å². The molecule has 150 valence electrons. The normalized spacial score (nSPS) is 10.6. The molecule has 1 aromatic heterocycles. The number of hydrogen-bond donors (Lipinski definition) is 2. The van der Waals surface area contributed by atoms with E-state index >= 15 is 0 Å². The van der Waals surface area contributed by atoms with Crippen molar-refractivity contribution < 1.29 is 9.59 Å². The van der Waals surface area contributed by atoms with Gasteiger partial charge in [0.25, 0.3) is 5.91 Å². The average Bonchev–Trinajstić information content (AvgIpc) is 3.05. The Kier molecular flexibility index (Phi) is 7.13. The highest BCUT2D eigenvalue weighted by Crippen LogP contribution is 2.21. The van der Waals surface area contributed by atoms with Crippen LogP contribution in [-0.4, -0.2) is 32.3 Å². The molecule has 0 aliphatic carbocycles. The molecular weight excluding hydrogens is 433 g/mol. The van der Waals surface area contributed by atoms with Crippen molar-refractivity contribution in [3.05, 3.63) is 70.0 Å². The van der Waals surface area contributed by atoms with Gasteiger partial charge < -0.3 is 15.2 Å². The first-order chi connectivity index (χ1) is 13.9. The predicted octanol–water partition coefficient (Wildman–Crippen LogP) is 3.78. The molecule has 0 radical (unpaired) electrons. The summed E-state index contributed by atoms with van der Waals surface area (Å²) in [5, 5.41) is 15.0. The summed E-state index contributed by atoms with van der Waals surface area (Å²) in [6.07, 6.45) is 0. The first-order valence-electron chi connectivity index (χ1n) is 8.53. The highest BCUT2D eigenvalue weighted by Gasteiger charge is 2.14. The average molecular weight is 450 g/mol. The van der Waals surface area contributed by atoms with Crippen LogP contribution in [0.2, 0.25) is 10.0 Å². The van der Waals surface area contributed by atoms with Crippen LogP contribution < -0.4 is 10.6 Å². The van der Waals surface area contributed by atoms with E-state index in [-0.39, 0.29) is 29.1 Å². The first-order valence-corrected chi connectivity index (χ1v) is 10.3. The van der Waals surface area contributed by atoms with Crippen molar-refractivity contribution in [2.45, 2.75) is 11.7 Å². The van der Waals surface area contributed by atoms with Crippen molar-refractivity contribution in [2.24, 2.45) is 7.05 Å². The van der Waals surface area contributed by atoms with Gasteiger partial charge in [-0.15, -0.1) is 10.2 Å². The summed E-state index contributed by atoms with van der Waals surface area (Å²) in [6, 6.07) is 13.9. The molecule has 0 aliphatic heterocycles. The molecule has 0 spiro atoms. The van der Waals surface area contributed by atoms with Gasteiger partial charge in [-0.05, 0) is 30.3 Å². The Morgan fingerprint density at radius 2 is 1.86 bits per heavy atom. The molecule has 2 aromatic carbocycles. The molecular formula is C19H17Cl2N5O2S. The number of thioether (sulfide) groups is 1. The van der Waals surface area contributed by atoms with Gasteiger partial charge in [-0.2, -0.15) is 0 Å². The molecule has 1 heterocycles. The highest BCUT2D eigenvalue weighted by molar-refractivity contribution is 7.99. The van der Waals surface area contributed by atoms with E-state index in [1.54, 1.807) is 23.7 Å². The Morgan fingerprint density at radius 3 is 2.59 bits per heavy atom. The van der Waals surface area contributed by atoms with Crippen molar-refractivity contribution in [1.82, 2.24) is 20.1 Å². The van der Waals surface area contributed by atoms with Crippen molar-refractivity contribution in [3.63, 3.8) is 0 Å². The molecule has 0 saturated heterocycles. The van der Waals surface area contributed by atoms with Gasteiger partial charge in [0.05, 0.1) is 22.9 Å². The summed E-state index contributed by atoms with van der Waals surface area (Å²) in [6.45, 7) is 0.165. The van der Waals surface area contributed by atoms with E-state index in [0.29, 0.717) is 21.6 Å². The molecule has 29 heavy (non-hydrogen) atoms. The Hall–Kier alpha value is -2.55. The number of carbonyl (C=O) groups excluding carboxylic acids is 2. The second kappa shape index (κ2) is 9.78. The number of aromatic nitrogens is 3. The minimum Gasteiger partial charge on any atom is -0.345 e. The van der Waals surface area contributed by atoms with Gasteiger partial charge in [0, 0.05) is 17.8 Å². The number of halogens is 2. The van der Waals surface area contributed by atoms with Crippen LogP contribution in [0.5, 0.6) is 0 Å². The summed E-state index contributed by atoms with van der Waals surface area (Å²) in [4.78, 5) is 24.4. The number of carbonyl (C=O) groups is 2. The van der Waals surface area contributed by atoms with E-state index in [2.05, 4.69) is 20.8 Å². The lowest BCUT2D eigenvalue weighted by Crippen LogP contribution is -2.24. The third kappa shape index (κ3) is 5.72. The van der Waals surface area contributed by atoms with Crippen LogP contribution in [0.1, 0.15) is 16.2 Å². The summed E-state index contributed by atoms with van der Waals surface area (Å²) in [5.41, 5.74) is 1.06. The third-order valence-electron chi connectivity index (χ3n) is 3.90. The fourth-order valence-corrected chi connectivity index (χ4v) is 3.63. The second-order valence-corrected chi connectivity index (χ2v) is 7.75. The van der Waals surface area contributed by atoms with E-state index in [9.17, 15) is 9.59 Å². The quantitative estimate of drug-likeness (QED) is 0.535. The Balaban J connectivity index is 1.53. The van der Waals surface area contributed by atoms with E-state index in [0.717, 1.165) is 5.69 Å². The number of nitrogens with zero attached hydrogens (tertiary/aromatic N) is 3. The Bertz CT molecular complexity index is 1030. The number of rotatable bonds is 7. The van der Waals surface area contributed by atoms with Crippen LogP contribution in [0.15, 0.2) is 53.7 Å². The maximum Gasteiger partial charge on any atom is 0.253 e. The molecule has 2 amide bonds. The van der Waals surface area contributed by atoms with Gasteiger partial charge >= 0.3 is 0 Å². The van der Waals surface area contributed by atoms with Crippen LogP contribution in [0.4, 0.5) is 5.69 Å². The predicted molar refractivity (Wildman–Crippen MR) is 114 cm³/mol. The van der Waals surface area contributed by atoms with Crippen LogP contribution in [0, 0.1) is 0 Å². The monoisotopic (exact) mass is 449 g/mol. The lowest BCUT2D eigenvalue weighted by molar-refractivity contribution is -0.113. The molecule has 0 bridgehead atoms. The molecule has 0 atom stereocenters. The van der Waals surface area contributed by atoms with Crippen molar-refractivity contribution in [1.29, 1.82) is 0 Å². The van der Waals surface area contributed by atoms with Gasteiger partial charge in [0.1, 0.15) is 0 Å². The van der Waals surface area contributed by atoms with Gasteiger partial charge in [-0.3, -0.25) is 9.59 Å². The standard InChI is InChI=1S/C19H17Cl2N5O2S/c1-26-16(10-22-18(28)14-8-7-12(20)9-15(14)21)24-25-19(26)29-11-17(27)23-13-5-3-2-4-6-13/h2-9H,10-11H2,1H3,(H,22,28)(H,23,27). The van der Waals surface area contributed by atoms with Crippen LogP contribution >= 0.6 is 35.0 Å². The van der Waals surface area contributed by atoms with Crippen LogP contribution in [-0.2, 0) is 18.4 Å². The summed E-state index contributed by atoms with van der Waals surface area (Å²) in [5.74, 6) is 0.255. The maximum absolute atomic E-state index is 12.3. The van der Waals surface area contributed by atoms with Crippen LogP contribution in [0.3, 0.4) is 0 Å². The van der Waals surface area contributed by atoms with Crippen LogP contribution in [0.25, 0.3) is 0 Å². The minimum absolute atomic E-state index is 0.142. The Labute approximate surface area is 181 Å². The molecule has 0 aliphatic rings.